The van der Waals surface area contributed by atoms with Gasteiger partial charge in [0.25, 0.3) is 5.91 Å². The molecule has 0 radical (unpaired) electrons. The van der Waals surface area contributed by atoms with E-state index in [-0.39, 0.29) is 5.69 Å². The van der Waals surface area contributed by atoms with Crippen LogP contribution in [0.1, 0.15) is 36.7 Å². The van der Waals surface area contributed by atoms with Crippen molar-refractivity contribution in [3.63, 3.8) is 0 Å². The van der Waals surface area contributed by atoms with Crippen molar-refractivity contribution in [1.82, 2.24) is 4.90 Å². The fraction of sp³-hybridized carbons (Fsp3) is 0.467. The van der Waals surface area contributed by atoms with Crippen LogP contribution >= 0.6 is 0 Å². The Morgan fingerprint density at radius 1 is 1.09 bits per heavy atom. The monoisotopic (exact) mass is 316 g/mol. The summed E-state index contributed by atoms with van der Waals surface area (Å²) >= 11 is 0. The number of anilines is 1. The minimum Gasteiger partial charge on any atom is -0.345 e. The van der Waals surface area contributed by atoms with Gasteiger partial charge in [-0.15, -0.1) is 0 Å². The van der Waals surface area contributed by atoms with Gasteiger partial charge in [0.2, 0.25) is 5.91 Å². The number of nitrogens with one attached hydrogen (secondary N) is 1. The molecule has 122 valence electrons. The minimum atomic E-state index is -4.69. The van der Waals surface area contributed by atoms with Crippen molar-refractivity contribution in [3.8, 4) is 0 Å². The summed E-state index contributed by atoms with van der Waals surface area (Å²) in [5.41, 5.74) is -2.26. The molecule has 1 aromatic carbocycles. The lowest BCUT2D eigenvalue weighted by atomic mass is 9.95. The smallest absolute Gasteiger partial charge is 0.345 e. The zero-order valence-corrected chi connectivity index (χ0v) is 13.1. The Kier molecular flexibility index (Phi) is 4.89. The highest BCUT2D eigenvalue weighted by molar-refractivity contribution is 5.98. The predicted molar refractivity (Wildman–Crippen MR) is 77.5 cm³/mol. The lowest BCUT2D eigenvalue weighted by Gasteiger charge is -2.20. The van der Waals surface area contributed by atoms with Crippen LogP contribution in [0.15, 0.2) is 18.2 Å². The fourth-order valence-electron chi connectivity index (χ4n) is 1.60. The average molecular weight is 316 g/mol. The largest absolute Gasteiger partial charge is 0.417 e. The molecule has 0 fully saturated rings. The molecular formula is C15H19F3N2O2. The highest BCUT2D eigenvalue weighted by Gasteiger charge is 2.36. The quantitative estimate of drug-likeness (QED) is 0.909. The second-order valence-electron chi connectivity index (χ2n) is 6.16. The standard InChI is InChI=1S/C15H19F3N2O2/c1-14(2,3)13(22)19-9-6-7-10(12(21)20(4)5)11(8-9)15(16,17)18/h6-8H,1-5H3,(H,19,22). The number of hydrogen-bond donors (Lipinski definition) is 1. The molecule has 0 unspecified atom stereocenters. The van der Waals surface area contributed by atoms with Gasteiger partial charge in [0, 0.05) is 25.2 Å². The van der Waals surface area contributed by atoms with Crippen molar-refractivity contribution in [2.75, 3.05) is 19.4 Å². The van der Waals surface area contributed by atoms with Crippen molar-refractivity contribution >= 4 is 17.5 Å². The lowest BCUT2D eigenvalue weighted by molar-refractivity contribution is -0.138. The highest BCUT2D eigenvalue weighted by atomic mass is 19.4. The number of carbonyl (C=O) groups excluding carboxylic acids is 2. The summed E-state index contributed by atoms with van der Waals surface area (Å²) in [7, 11) is 2.75. The van der Waals surface area contributed by atoms with E-state index in [9.17, 15) is 22.8 Å². The van der Waals surface area contributed by atoms with Gasteiger partial charge in [-0.25, -0.2) is 0 Å². The van der Waals surface area contributed by atoms with Gasteiger partial charge in [-0.2, -0.15) is 13.2 Å². The van der Waals surface area contributed by atoms with Gasteiger partial charge in [0.15, 0.2) is 0 Å². The molecule has 0 atom stereocenters. The first-order chi connectivity index (χ1) is 9.84. The fourth-order valence-corrected chi connectivity index (χ4v) is 1.60. The molecule has 1 N–H and O–H groups in total. The topological polar surface area (TPSA) is 49.4 Å². The van der Waals surface area contributed by atoms with Crippen LogP contribution in [0, 0.1) is 5.41 Å². The molecule has 0 aliphatic heterocycles. The number of rotatable bonds is 2. The van der Waals surface area contributed by atoms with Crippen LogP contribution in [-0.4, -0.2) is 30.8 Å². The van der Waals surface area contributed by atoms with Crippen LogP contribution in [-0.2, 0) is 11.0 Å². The van der Waals surface area contributed by atoms with Gasteiger partial charge in [-0.05, 0) is 18.2 Å². The molecule has 0 aromatic heterocycles. The number of halogens is 3. The molecule has 0 aliphatic rings. The maximum atomic E-state index is 13.1. The first-order valence-electron chi connectivity index (χ1n) is 6.58. The van der Waals surface area contributed by atoms with E-state index in [0.29, 0.717) is 0 Å². The Morgan fingerprint density at radius 2 is 1.64 bits per heavy atom. The molecule has 0 bridgehead atoms. The van der Waals surface area contributed by atoms with Crippen molar-refractivity contribution in [3.05, 3.63) is 29.3 Å². The predicted octanol–water partition coefficient (Wildman–Crippen LogP) is 3.39. The number of amides is 2. The molecule has 4 nitrogen and oxygen atoms in total. The van der Waals surface area contributed by atoms with E-state index in [1.807, 2.05) is 0 Å². The Morgan fingerprint density at radius 3 is 2.05 bits per heavy atom. The molecule has 0 aliphatic carbocycles. The molecule has 0 saturated carbocycles. The SMILES string of the molecule is CN(C)C(=O)c1ccc(NC(=O)C(C)(C)C)cc1C(F)(F)F. The average Bonchev–Trinajstić information content (AvgIpc) is 2.35. The third kappa shape index (κ3) is 4.22. The summed E-state index contributed by atoms with van der Waals surface area (Å²) < 4.78 is 39.4. The van der Waals surface area contributed by atoms with Crippen LogP contribution in [0.3, 0.4) is 0 Å². The van der Waals surface area contributed by atoms with Gasteiger partial charge < -0.3 is 10.2 Å². The molecule has 0 saturated heterocycles. The lowest BCUT2D eigenvalue weighted by Crippen LogP contribution is -2.28. The van der Waals surface area contributed by atoms with Gasteiger partial charge in [-0.1, -0.05) is 20.8 Å². The van der Waals surface area contributed by atoms with E-state index in [4.69, 9.17) is 0 Å². The molecule has 1 rings (SSSR count). The minimum absolute atomic E-state index is 0.00237. The Labute approximate surface area is 127 Å². The second-order valence-corrected chi connectivity index (χ2v) is 6.16. The third-order valence-corrected chi connectivity index (χ3v) is 2.90. The first-order valence-corrected chi connectivity index (χ1v) is 6.58. The van der Waals surface area contributed by atoms with Crippen molar-refractivity contribution in [1.29, 1.82) is 0 Å². The van der Waals surface area contributed by atoms with Gasteiger partial charge >= 0.3 is 6.18 Å². The molecule has 0 spiro atoms. The van der Waals surface area contributed by atoms with Crippen molar-refractivity contribution < 1.29 is 22.8 Å². The first kappa shape index (κ1) is 18.0. The molecule has 22 heavy (non-hydrogen) atoms. The van der Waals surface area contributed by atoms with E-state index >= 15 is 0 Å². The number of benzene rings is 1. The summed E-state index contributed by atoms with van der Waals surface area (Å²) in [6, 6.07) is 3.14. The van der Waals surface area contributed by atoms with Gasteiger partial charge in [-0.3, -0.25) is 9.59 Å². The Hall–Kier alpha value is -2.05. The van der Waals surface area contributed by atoms with Crippen LogP contribution in [0.25, 0.3) is 0 Å². The molecule has 2 amide bonds. The summed E-state index contributed by atoms with van der Waals surface area (Å²) in [5.74, 6) is -1.16. The summed E-state index contributed by atoms with van der Waals surface area (Å²) in [4.78, 5) is 24.8. The number of alkyl halides is 3. The maximum Gasteiger partial charge on any atom is 0.417 e. The maximum absolute atomic E-state index is 13.1. The van der Waals surface area contributed by atoms with Gasteiger partial charge in [0.1, 0.15) is 0 Å². The van der Waals surface area contributed by atoms with Crippen molar-refractivity contribution in [2.24, 2.45) is 5.41 Å². The molecule has 0 heterocycles. The Balaban J connectivity index is 3.27. The van der Waals surface area contributed by atoms with Crippen LogP contribution in [0.2, 0.25) is 0 Å². The van der Waals surface area contributed by atoms with E-state index in [0.717, 1.165) is 17.0 Å². The van der Waals surface area contributed by atoms with Crippen molar-refractivity contribution in [2.45, 2.75) is 26.9 Å². The third-order valence-electron chi connectivity index (χ3n) is 2.90. The summed E-state index contributed by atoms with van der Waals surface area (Å²) in [5, 5.41) is 2.43. The summed E-state index contributed by atoms with van der Waals surface area (Å²) in [6.07, 6.45) is -4.69. The Bertz CT molecular complexity index is 587. The van der Waals surface area contributed by atoms with E-state index in [1.165, 1.54) is 20.2 Å². The van der Waals surface area contributed by atoms with Crippen LogP contribution in [0.4, 0.5) is 18.9 Å². The highest BCUT2D eigenvalue weighted by Crippen LogP contribution is 2.34. The number of nitrogens with zero attached hydrogens (tertiary/aromatic N) is 1. The van der Waals surface area contributed by atoms with E-state index < -0.39 is 34.5 Å². The van der Waals surface area contributed by atoms with Crippen LogP contribution < -0.4 is 5.32 Å². The normalized spacial score (nSPS) is 12.0. The molecule has 1 aromatic rings. The number of hydrogen-bond acceptors (Lipinski definition) is 2. The van der Waals surface area contributed by atoms with E-state index in [1.54, 1.807) is 20.8 Å². The second kappa shape index (κ2) is 5.98. The number of carbonyl (C=O) groups is 2. The zero-order chi connectivity index (χ0) is 17.3. The van der Waals surface area contributed by atoms with E-state index in [2.05, 4.69) is 5.32 Å². The molecular weight excluding hydrogens is 297 g/mol. The van der Waals surface area contributed by atoms with Gasteiger partial charge in [0.05, 0.1) is 11.1 Å². The molecule has 7 heteroatoms. The summed E-state index contributed by atoms with van der Waals surface area (Å²) in [6.45, 7) is 4.95. The zero-order valence-electron chi connectivity index (χ0n) is 13.1. The van der Waals surface area contributed by atoms with Crippen LogP contribution in [0.5, 0.6) is 0 Å².